The van der Waals surface area contributed by atoms with Gasteiger partial charge < -0.3 is 4.90 Å². The first-order chi connectivity index (χ1) is 7.88. The van der Waals surface area contributed by atoms with Gasteiger partial charge in [0, 0.05) is 18.8 Å². The predicted molar refractivity (Wildman–Crippen MR) is 68.9 cm³/mol. The highest BCUT2D eigenvalue weighted by atomic mass is 15.1. The van der Waals surface area contributed by atoms with E-state index in [1.807, 2.05) is 6.08 Å². The zero-order valence-corrected chi connectivity index (χ0v) is 9.63. The summed E-state index contributed by atoms with van der Waals surface area (Å²) < 4.78 is 0. The van der Waals surface area contributed by atoms with Crippen LogP contribution in [0.4, 0.5) is 5.69 Å². The molecule has 1 aromatic rings. The maximum atomic E-state index is 3.66. The minimum atomic E-state index is 1.23. The molecule has 0 saturated heterocycles. The first kappa shape index (κ1) is 9.74. The van der Waals surface area contributed by atoms with Crippen molar-refractivity contribution in [2.45, 2.75) is 25.7 Å². The Morgan fingerprint density at radius 3 is 2.31 bits per heavy atom. The molecule has 0 aliphatic carbocycles. The molecule has 0 amide bonds. The van der Waals surface area contributed by atoms with E-state index < -0.39 is 0 Å². The molecule has 1 nitrogen and oxygen atoms in total. The molecule has 0 unspecified atom stereocenters. The number of aryl methyl sites for hydroxylation is 2. The van der Waals surface area contributed by atoms with Crippen molar-refractivity contribution in [1.82, 2.24) is 0 Å². The molecule has 2 aliphatic heterocycles. The Morgan fingerprint density at radius 1 is 1.12 bits per heavy atom. The second kappa shape index (κ2) is 3.84. The summed E-state index contributed by atoms with van der Waals surface area (Å²) in [7, 11) is 0. The molecule has 0 aromatic heterocycles. The third-order valence-electron chi connectivity index (χ3n) is 3.62. The zero-order valence-electron chi connectivity index (χ0n) is 9.63. The first-order valence-corrected chi connectivity index (χ1v) is 6.15. The monoisotopic (exact) mass is 211 g/mol. The van der Waals surface area contributed by atoms with Crippen LogP contribution in [0.2, 0.25) is 0 Å². The van der Waals surface area contributed by atoms with Gasteiger partial charge in [0.1, 0.15) is 0 Å². The summed E-state index contributed by atoms with van der Waals surface area (Å²) in [6, 6.07) is 4.63. The van der Waals surface area contributed by atoms with Gasteiger partial charge in [0.2, 0.25) is 0 Å². The Kier molecular flexibility index (Phi) is 2.34. The molecule has 0 bridgehead atoms. The van der Waals surface area contributed by atoms with Crippen LogP contribution in [0.5, 0.6) is 0 Å². The minimum Gasteiger partial charge on any atom is -0.371 e. The summed E-state index contributed by atoms with van der Waals surface area (Å²) >= 11 is 0. The van der Waals surface area contributed by atoms with Crippen molar-refractivity contribution in [2.75, 3.05) is 18.0 Å². The average molecular weight is 211 g/mol. The zero-order chi connectivity index (χ0) is 11.0. The average Bonchev–Trinajstić information content (AvgIpc) is 2.30. The van der Waals surface area contributed by atoms with Crippen LogP contribution in [0.15, 0.2) is 24.4 Å². The van der Waals surface area contributed by atoms with Crippen molar-refractivity contribution in [2.24, 2.45) is 0 Å². The van der Waals surface area contributed by atoms with E-state index in [-0.39, 0.29) is 0 Å². The normalized spacial score (nSPS) is 17.6. The summed E-state index contributed by atoms with van der Waals surface area (Å²) in [6.45, 7) is 6.15. The van der Waals surface area contributed by atoms with Gasteiger partial charge >= 0.3 is 0 Å². The number of rotatable bonds is 1. The molecule has 0 saturated carbocycles. The smallest absolute Gasteiger partial charge is 0.0431 e. The van der Waals surface area contributed by atoms with Crippen LogP contribution in [0.3, 0.4) is 0 Å². The Labute approximate surface area is 97.1 Å². The van der Waals surface area contributed by atoms with Crippen LogP contribution in [-0.2, 0) is 12.8 Å². The van der Waals surface area contributed by atoms with E-state index in [1.165, 1.54) is 55.5 Å². The number of hydrogen-bond donors (Lipinski definition) is 0. The Morgan fingerprint density at radius 2 is 1.75 bits per heavy atom. The van der Waals surface area contributed by atoms with E-state index in [0.717, 1.165) is 0 Å². The van der Waals surface area contributed by atoms with Gasteiger partial charge in [0.05, 0.1) is 0 Å². The third kappa shape index (κ3) is 1.48. The van der Waals surface area contributed by atoms with Crippen LogP contribution in [-0.4, -0.2) is 13.1 Å². The lowest BCUT2D eigenvalue weighted by Crippen LogP contribution is -2.34. The van der Waals surface area contributed by atoms with Gasteiger partial charge in [-0.05, 0) is 60.6 Å². The van der Waals surface area contributed by atoms with E-state index in [0.29, 0.717) is 0 Å². The lowest BCUT2D eigenvalue weighted by molar-refractivity contribution is 0.634. The van der Waals surface area contributed by atoms with Crippen LogP contribution < -0.4 is 4.90 Å². The van der Waals surface area contributed by atoms with Gasteiger partial charge in [0.25, 0.3) is 0 Å². The molecule has 0 radical (unpaired) electrons. The van der Waals surface area contributed by atoms with Crippen molar-refractivity contribution in [3.8, 4) is 0 Å². The second-order valence-electron chi connectivity index (χ2n) is 4.73. The van der Waals surface area contributed by atoms with E-state index in [9.17, 15) is 0 Å². The van der Waals surface area contributed by atoms with Crippen molar-refractivity contribution in [1.29, 1.82) is 0 Å². The molecule has 0 atom stereocenters. The number of anilines is 1. The lowest BCUT2D eigenvalue weighted by atomic mass is 9.90. The SMILES string of the molecule is C=C=Cc1cc2c3c(c1)CCCN3CCC2. The summed E-state index contributed by atoms with van der Waals surface area (Å²) in [5, 5.41) is 0. The largest absolute Gasteiger partial charge is 0.371 e. The summed E-state index contributed by atoms with van der Waals surface area (Å²) in [4.78, 5) is 2.57. The molecule has 1 heteroatoms. The van der Waals surface area contributed by atoms with Crippen LogP contribution in [0.25, 0.3) is 6.08 Å². The van der Waals surface area contributed by atoms with E-state index in [4.69, 9.17) is 0 Å². The molecule has 2 aliphatic rings. The van der Waals surface area contributed by atoms with Gasteiger partial charge in [-0.3, -0.25) is 0 Å². The van der Waals surface area contributed by atoms with Crippen LogP contribution in [0.1, 0.15) is 29.5 Å². The summed E-state index contributed by atoms with van der Waals surface area (Å²) in [5.41, 5.74) is 8.76. The highest BCUT2D eigenvalue weighted by Gasteiger charge is 2.23. The molecule has 82 valence electrons. The maximum absolute atomic E-state index is 3.66. The molecular formula is C15H17N. The number of hydrogen-bond acceptors (Lipinski definition) is 1. The van der Waals surface area contributed by atoms with Gasteiger partial charge in [-0.25, -0.2) is 0 Å². The topological polar surface area (TPSA) is 3.24 Å². The Balaban J connectivity index is 2.17. The fraction of sp³-hybridized carbons (Fsp3) is 0.400. The quantitative estimate of drug-likeness (QED) is 0.645. The molecule has 1 aromatic carbocycles. The van der Waals surface area contributed by atoms with Gasteiger partial charge in [-0.1, -0.05) is 6.58 Å². The van der Waals surface area contributed by atoms with Crippen LogP contribution in [0, 0.1) is 0 Å². The number of benzene rings is 1. The van der Waals surface area contributed by atoms with Crippen molar-refractivity contribution in [3.05, 3.63) is 41.1 Å². The van der Waals surface area contributed by atoms with Gasteiger partial charge in [-0.2, -0.15) is 0 Å². The maximum Gasteiger partial charge on any atom is 0.0431 e. The summed E-state index contributed by atoms with van der Waals surface area (Å²) in [5.74, 6) is 0. The van der Waals surface area contributed by atoms with Gasteiger partial charge in [-0.15, -0.1) is 5.73 Å². The fourth-order valence-corrected chi connectivity index (χ4v) is 3.03. The molecule has 16 heavy (non-hydrogen) atoms. The fourth-order valence-electron chi connectivity index (χ4n) is 3.03. The highest BCUT2D eigenvalue weighted by Crippen LogP contribution is 2.36. The van der Waals surface area contributed by atoms with E-state index in [1.54, 1.807) is 5.69 Å². The molecule has 2 heterocycles. The Hall–Kier alpha value is -1.46. The molecule has 0 N–H and O–H groups in total. The molecule has 0 spiro atoms. The molecular weight excluding hydrogens is 194 g/mol. The van der Waals surface area contributed by atoms with Crippen LogP contribution >= 0.6 is 0 Å². The van der Waals surface area contributed by atoms with Crippen molar-refractivity contribution in [3.63, 3.8) is 0 Å². The summed E-state index contributed by atoms with van der Waals surface area (Å²) in [6.07, 6.45) is 7.06. The van der Waals surface area contributed by atoms with Crippen molar-refractivity contribution < 1.29 is 0 Å². The lowest BCUT2D eigenvalue weighted by Gasteiger charge is -2.37. The molecule has 0 fully saturated rings. The standard InChI is InChI=1S/C15H17N/c1-2-5-12-10-13-6-3-8-16-9-4-7-14(11-12)15(13)16/h5,10-11H,1,3-4,6-9H2. The first-order valence-electron chi connectivity index (χ1n) is 6.15. The third-order valence-corrected chi connectivity index (χ3v) is 3.62. The molecule has 3 rings (SSSR count). The number of nitrogens with zero attached hydrogens (tertiary/aromatic N) is 1. The van der Waals surface area contributed by atoms with Crippen molar-refractivity contribution >= 4 is 11.8 Å². The van der Waals surface area contributed by atoms with Gasteiger partial charge in [0.15, 0.2) is 0 Å². The highest BCUT2D eigenvalue weighted by molar-refractivity contribution is 5.67. The predicted octanol–water partition coefficient (Wildman–Crippen LogP) is 3.18. The van der Waals surface area contributed by atoms with E-state index >= 15 is 0 Å². The van der Waals surface area contributed by atoms with E-state index in [2.05, 4.69) is 29.3 Å². The minimum absolute atomic E-state index is 1.23. The Bertz CT molecular complexity index is 435. The second-order valence-corrected chi connectivity index (χ2v) is 4.73.